The standard InChI is InChI=1S/C52H36N2/c1-34-15-14-20-39(31-34)54(38-18-6-3-7-19-38)49-33-48-50(44-24-9-8-23-43(44)49)45-29-27-35-32-37(53-36-16-4-2-5-17-36)28-30-40(35)51(45)52(48)46-25-12-10-21-41(46)42-22-11-13-26-47(42)52/h2-33,53H,1H3. The Labute approximate surface area is 315 Å². The van der Waals surface area contributed by atoms with Crippen LogP contribution in [-0.4, -0.2) is 0 Å². The van der Waals surface area contributed by atoms with Gasteiger partial charge in [-0.15, -0.1) is 0 Å². The number of para-hydroxylation sites is 2. The van der Waals surface area contributed by atoms with Crippen molar-refractivity contribution >= 4 is 50.0 Å². The van der Waals surface area contributed by atoms with Crippen LogP contribution >= 0.6 is 0 Å². The van der Waals surface area contributed by atoms with E-state index in [1.807, 2.05) is 0 Å². The lowest BCUT2D eigenvalue weighted by Crippen LogP contribution is -2.26. The Kier molecular flexibility index (Phi) is 6.72. The highest BCUT2D eigenvalue weighted by Crippen LogP contribution is 2.66. The molecule has 0 amide bonds. The zero-order valence-electron chi connectivity index (χ0n) is 29.9. The van der Waals surface area contributed by atoms with Gasteiger partial charge < -0.3 is 10.2 Å². The summed E-state index contributed by atoms with van der Waals surface area (Å²) >= 11 is 0. The second kappa shape index (κ2) is 11.8. The fraction of sp³-hybridized carbons (Fsp3) is 0.0385. The maximum atomic E-state index is 3.65. The lowest BCUT2D eigenvalue weighted by molar-refractivity contribution is 0.802. The van der Waals surface area contributed by atoms with Crippen LogP contribution in [0.2, 0.25) is 0 Å². The number of nitrogens with one attached hydrogen (secondary N) is 1. The van der Waals surface area contributed by atoms with E-state index in [0.717, 1.165) is 22.7 Å². The summed E-state index contributed by atoms with van der Waals surface area (Å²) in [7, 11) is 0. The Morgan fingerprint density at radius 2 is 1.07 bits per heavy atom. The summed E-state index contributed by atoms with van der Waals surface area (Å²) in [5.74, 6) is 0. The minimum Gasteiger partial charge on any atom is -0.356 e. The van der Waals surface area contributed by atoms with Gasteiger partial charge in [0.2, 0.25) is 0 Å². The molecule has 0 saturated carbocycles. The van der Waals surface area contributed by atoms with Crippen LogP contribution in [0, 0.1) is 6.92 Å². The zero-order chi connectivity index (χ0) is 35.8. The van der Waals surface area contributed by atoms with Gasteiger partial charge >= 0.3 is 0 Å². The van der Waals surface area contributed by atoms with Crippen molar-refractivity contribution in [2.75, 3.05) is 10.2 Å². The molecule has 0 atom stereocenters. The summed E-state index contributed by atoms with van der Waals surface area (Å²) in [4.78, 5) is 2.46. The van der Waals surface area contributed by atoms with Crippen LogP contribution in [0.5, 0.6) is 0 Å². The Hall–Kier alpha value is -6.90. The Bertz CT molecular complexity index is 2880. The molecule has 11 rings (SSSR count). The van der Waals surface area contributed by atoms with Gasteiger partial charge in [-0.2, -0.15) is 0 Å². The fourth-order valence-corrected chi connectivity index (χ4v) is 9.54. The van der Waals surface area contributed by atoms with E-state index < -0.39 is 5.41 Å². The van der Waals surface area contributed by atoms with Crippen molar-refractivity contribution in [2.24, 2.45) is 0 Å². The number of hydrogen-bond donors (Lipinski definition) is 1. The lowest BCUT2D eigenvalue weighted by atomic mass is 9.69. The molecule has 254 valence electrons. The minimum absolute atomic E-state index is 0.528. The van der Waals surface area contributed by atoms with E-state index in [1.54, 1.807) is 0 Å². The van der Waals surface area contributed by atoms with Crippen molar-refractivity contribution in [2.45, 2.75) is 12.3 Å². The molecule has 2 aliphatic carbocycles. The number of aryl methyl sites for hydroxylation is 1. The Morgan fingerprint density at radius 3 is 1.81 bits per heavy atom. The van der Waals surface area contributed by atoms with E-state index >= 15 is 0 Å². The van der Waals surface area contributed by atoms with Gasteiger partial charge in [-0.1, -0.05) is 140 Å². The summed E-state index contributed by atoms with van der Waals surface area (Å²) in [5.41, 5.74) is 16.9. The van der Waals surface area contributed by atoms with Crippen molar-refractivity contribution in [3.63, 3.8) is 0 Å². The van der Waals surface area contributed by atoms with E-state index in [9.17, 15) is 0 Å². The molecule has 0 aliphatic heterocycles. The lowest BCUT2D eigenvalue weighted by Gasteiger charge is -2.33. The molecular weight excluding hydrogens is 653 g/mol. The third kappa shape index (κ3) is 4.34. The molecule has 2 heteroatoms. The highest BCUT2D eigenvalue weighted by Gasteiger charge is 2.53. The number of anilines is 5. The molecule has 0 radical (unpaired) electrons. The molecule has 0 fully saturated rings. The predicted molar refractivity (Wildman–Crippen MR) is 227 cm³/mol. The summed E-state index contributed by atoms with van der Waals surface area (Å²) in [6.07, 6.45) is 0. The average Bonchev–Trinajstić information content (AvgIpc) is 3.69. The average molecular weight is 689 g/mol. The van der Waals surface area contributed by atoms with Gasteiger partial charge in [-0.05, 0) is 128 Å². The van der Waals surface area contributed by atoms with Gasteiger partial charge in [0.05, 0.1) is 11.1 Å². The van der Waals surface area contributed by atoms with Gasteiger partial charge in [0.15, 0.2) is 0 Å². The van der Waals surface area contributed by atoms with Gasteiger partial charge in [-0.3, -0.25) is 0 Å². The highest BCUT2D eigenvalue weighted by atomic mass is 15.1. The second-order valence-electron chi connectivity index (χ2n) is 14.6. The van der Waals surface area contributed by atoms with Crippen LogP contribution in [-0.2, 0) is 5.41 Å². The SMILES string of the molecule is Cc1cccc(N(c2ccccc2)c2cc3c(c4ccccc24)-c2ccc4cc(Nc5ccccc5)ccc4c2C32c3ccccc3-c3ccccc32)c1. The third-order valence-corrected chi connectivity index (χ3v) is 11.6. The van der Waals surface area contributed by atoms with Crippen molar-refractivity contribution < 1.29 is 0 Å². The molecule has 0 saturated heterocycles. The van der Waals surface area contributed by atoms with Crippen LogP contribution in [0.4, 0.5) is 28.4 Å². The summed E-state index contributed by atoms with van der Waals surface area (Å²) < 4.78 is 0. The topological polar surface area (TPSA) is 15.3 Å². The number of fused-ring (bicyclic) bond motifs is 14. The van der Waals surface area contributed by atoms with Crippen LogP contribution < -0.4 is 10.2 Å². The molecule has 0 bridgehead atoms. The quantitative estimate of drug-likeness (QED) is 0.194. The van der Waals surface area contributed by atoms with E-state index in [0.29, 0.717) is 0 Å². The molecule has 2 nitrogen and oxygen atoms in total. The normalized spacial score (nSPS) is 13.1. The minimum atomic E-state index is -0.528. The number of rotatable bonds is 5. The van der Waals surface area contributed by atoms with Gasteiger partial charge in [0, 0.05) is 28.1 Å². The first kappa shape index (κ1) is 30.7. The van der Waals surface area contributed by atoms with E-state index in [1.165, 1.54) is 77.3 Å². The molecule has 1 spiro atoms. The van der Waals surface area contributed by atoms with Crippen LogP contribution in [0.1, 0.15) is 27.8 Å². The molecule has 54 heavy (non-hydrogen) atoms. The van der Waals surface area contributed by atoms with Crippen molar-refractivity contribution in [3.8, 4) is 22.3 Å². The molecule has 2 aliphatic rings. The van der Waals surface area contributed by atoms with E-state index in [4.69, 9.17) is 0 Å². The summed E-state index contributed by atoms with van der Waals surface area (Å²) in [6, 6.07) is 71.6. The summed E-state index contributed by atoms with van der Waals surface area (Å²) in [6.45, 7) is 2.18. The molecule has 0 heterocycles. The van der Waals surface area contributed by atoms with Crippen molar-refractivity contribution in [3.05, 3.63) is 222 Å². The third-order valence-electron chi connectivity index (χ3n) is 11.6. The van der Waals surface area contributed by atoms with E-state index in [2.05, 4.69) is 211 Å². The number of hydrogen-bond acceptors (Lipinski definition) is 2. The van der Waals surface area contributed by atoms with E-state index in [-0.39, 0.29) is 0 Å². The molecular formula is C52H36N2. The zero-order valence-corrected chi connectivity index (χ0v) is 29.9. The fourth-order valence-electron chi connectivity index (χ4n) is 9.54. The smallest absolute Gasteiger partial charge is 0.0732 e. The molecule has 0 unspecified atom stereocenters. The number of nitrogens with zero attached hydrogens (tertiary/aromatic N) is 1. The van der Waals surface area contributed by atoms with Gasteiger partial charge in [0.25, 0.3) is 0 Å². The van der Waals surface area contributed by atoms with Crippen molar-refractivity contribution in [1.29, 1.82) is 0 Å². The first-order chi connectivity index (χ1) is 26.7. The molecule has 9 aromatic carbocycles. The van der Waals surface area contributed by atoms with Crippen LogP contribution in [0.25, 0.3) is 43.8 Å². The van der Waals surface area contributed by atoms with Crippen LogP contribution in [0.15, 0.2) is 194 Å². The first-order valence-corrected chi connectivity index (χ1v) is 18.8. The second-order valence-corrected chi connectivity index (χ2v) is 14.6. The molecule has 0 aromatic heterocycles. The Morgan fingerprint density at radius 1 is 0.426 bits per heavy atom. The highest BCUT2D eigenvalue weighted by molar-refractivity contribution is 6.15. The Balaban J connectivity index is 1.27. The maximum absolute atomic E-state index is 3.65. The number of benzene rings is 9. The first-order valence-electron chi connectivity index (χ1n) is 18.8. The predicted octanol–water partition coefficient (Wildman–Crippen LogP) is 13.9. The van der Waals surface area contributed by atoms with Gasteiger partial charge in [-0.25, -0.2) is 0 Å². The monoisotopic (exact) mass is 688 g/mol. The maximum Gasteiger partial charge on any atom is 0.0732 e. The summed E-state index contributed by atoms with van der Waals surface area (Å²) in [5, 5.41) is 8.64. The van der Waals surface area contributed by atoms with Gasteiger partial charge in [0.1, 0.15) is 0 Å². The van der Waals surface area contributed by atoms with Crippen LogP contribution in [0.3, 0.4) is 0 Å². The molecule has 1 N–H and O–H groups in total. The molecule has 9 aromatic rings. The van der Waals surface area contributed by atoms with Crippen molar-refractivity contribution in [1.82, 2.24) is 0 Å². The largest absolute Gasteiger partial charge is 0.356 e.